The van der Waals surface area contributed by atoms with Gasteiger partial charge in [0.2, 0.25) is 5.88 Å². The maximum Gasteiger partial charge on any atom is 0.213 e. The van der Waals surface area contributed by atoms with Crippen molar-refractivity contribution in [1.29, 1.82) is 0 Å². The smallest absolute Gasteiger partial charge is 0.213 e. The van der Waals surface area contributed by atoms with Crippen LogP contribution in [0.2, 0.25) is 0 Å². The van der Waals surface area contributed by atoms with Gasteiger partial charge in [-0.15, -0.1) is 0 Å². The van der Waals surface area contributed by atoms with Gasteiger partial charge in [0.15, 0.2) is 0 Å². The van der Waals surface area contributed by atoms with Crippen LogP contribution < -0.4 is 4.74 Å². The van der Waals surface area contributed by atoms with Gasteiger partial charge in [0.1, 0.15) is 0 Å². The SMILES string of the molecule is COCCC1(COc2ccc(Br)cn2)CC1. The van der Waals surface area contributed by atoms with Crippen LogP contribution in [0, 0.1) is 5.41 Å². The zero-order valence-electron chi connectivity index (χ0n) is 9.41. The monoisotopic (exact) mass is 285 g/mol. The van der Waals surface area contributed by atoms with Crippen molar-refractivity contribution in [2.75, 3.05) is 20.3 Å². The molecule has 0 bridgehead atoms. The summed E-state index contributed by atoms with van der Waals surface area (Å²) < 4.78 is 11.8. The van der Waals surface area contributed by atoms with Gasteiger partial charge in [0.25, 0.3) is 0 Å². The van der Waals surface area contributed by atoms with Crippen LogP contribution in [-0.4, -0.2) is 25.3 Å². The third-order valence-corrected chi connectivity index (χ3v) is 3.49. The van der Waals surface area contributed by atoms with Crippen LogP contribution in [0.15, 0.2) is 22.8 Å². The second-order valence-electron chi connectivity index (χ2n) is 4.35. The number of hydrogen-bond acceptors (Lipinski definition) is 3. The number of aromatic nitrogens is 1. The summed E-state index contributed by atoms with van der Waals surface area (Å²) in [5.74, 6) is 0.701. The van der Waals surface area contributed by atoms with E-state index >= 15 is 0 Å². The Balaban J connectivity index is 1.81. The molecule has 1 aliphatic rings. The van der Waals surface area contributed by atoms with Gasteiger partial charge in [-0.25, -0.2) is 4.98 Å². The van der Waals surface area contributed by atoms with Crippen LogP contribution in [0.3, 0.4) is 0 Å². The molecule has 2 rings (SSSR count). The van der Waals surface area contributed by atoms with Crippen molar-refractivity contribution in [1.82, 2.24) is 4.98 Å². The normalized spacial score (nSPS) is 17.1. The molecule has 88 valence electrons. The lowest BCUT2D eigenvalue weighted by atomic mass is 10.1. The number of rotatable bonds is 6. The summed E-state index contributed by atoms with van der Waals surface area (Å²) in [7, 11) is 1.74. The number of ether oxygens (including phenoxy) is 2. The zero-order valence-corrected chi connectivity index (χ0v) is 11.0. The molecule has 1 aromatic rings. The fourth-order valence-corrected chi connectivity index (χ4v) is 1.87. The van der Waals surface area contributed by atoms with E-state index in [1.165, 1.54) is 12.8 Å². The summed E-state index contributed by atoms with van der Waals surface area (Å²) in [4.78, 5) is 4.19. The highest BCUT2D eigenvalue weighted by atomic mass is 79.9. The number of pyridine rings is 1. The van der Waals surface area contributed by atoms with Crippen molar-refractivity contribution < 1.29 is 9.47 Å². The van der Waals surface area contributed by atoms with Gasteiger partial charge in [0.05, 0.1) is 6.61 Å². The molecule has 0 N–H and O–H groups in total. The zero-order chi connectivity index (χ0) is 11.4. The summed E-state index contributed by atoms with van der Waals surface area (Å²) in [5, 5.41) is 0. The minimum absolute atomic E-state index is 0.352. The molecule has 0 radical (unpaired) electrons. The molecule has 0 saturated heterocycles. The van der Waals surface area contributed by atoms with Gasteiger partial charge in [-0.3, -0.25) is 0 Å². The Morgan fingerprint density at radius 1 is 1.44 bits per heavy atom. The van der Waals surface area contributed by atoms with E-state index in [2.05, 4.69) is 20.9 Å². The van der Waals surface area contributed by atoms with Crippen molar-refractivity contribution >= 4 is 15.9 Å². The first-order chi connectivity index (χ1) is 7.74. The Labute approximate surface area is 104 Å². The Morgan fingerprint density at radius 2 is 2.25 bits per heavy atom. The average Bonchev–Trinajstić information content (AvgIpc) is 3.07. The second kappa shape index (κ2) is 5.15. The fourth-order valence-electron chi connectivity index (χ4n) is 1.64. The van der Waals surface area contributed by atoms with Gasteiger partial charge in [0, 0.05) is 35.9 Å². The van der Waals surface area contributed by atoms with Crippen LogP contribution in [0.5, 0.6) is 5.88 Å². The highest BCUT2D eigenvalue weighted by Gasteiger charge is 2.43. The minimum Gasteiger partial charge on any atom is -0.477 e. The van der Waals surface area contributed by atoms with Gasteiger partial charge in [-0.2, -0.15) is 0 Å². The molecular formula is C12H16BrNO2. The predicted molar refractivity (Wildman–Crippen MR) is 65.6 cm³/mol. The number of nitrogens with zero attached hydrogens (tertiary/aromatic N) is 1. The van der Waals surface area contributed by atoms with Crippen molar-refractivity contribution in [3.8, 4) is 5.88 Å². The number of halogens is 1. The van der Waals surface area contributed by atoms with Crippen LogP contribution in [0.25, 0.3) is 0 Å². The van der Waals surface area contributed by atoms with Crippen LogP contribution in [-0.2, 0) is 4.74 Å². The van der Waals surface area contributed by atoms with Crippen molar-refractivity contribution in [3.63, 3.8) is 0 Å². The van der Waals surface area contributed by atoms with E-state index in [4.69, 9.17) is 9.47 Å². The third kappa shape index (κ3) is 3.19. The lowest BCUT2D eigenvalue weighted by Crippen LogP contribution is -2.15. The van der Waals surface area contributed by atoms with E-state index in [0.29, 0.717) is 11.3 Å². The summed E-state index contributed by atoms with van der Waals surface area (Å²) in [6, 6.07) is 3.83. The molecule has 0 amide bonds. The first kappa shape index (κ1) is 11.9. The van der Waals surface area contributed by atoms with Crippen molar-refractivity contribution in [2.45, 2.75) is 19.3 Å². The van der Waals surface area contributed by atoms with Crippen molar-refractivity contribution in [2.24, 2.45) is 5.41 Å². The number of hydrogen-bond donors (Lipinski definition) is 0. The fraction of sp³-hybridized carbons (Fsp3) is 0.583. The van der Waals surface area contributed by atoms with E-state index in [1.807, 2.05) is 12.1 Å². The van der Waals surface area contributed by atoms with Gasteiger partial charge >= 0.3 is 0 Å². The summed E-state index contributed by atoms with van der Waals surface area (Å²) in [6.45, 7) is 1.57. The minimum atomic E-state index is 0.352. The lowest BCUT2D eigenvalue weighted by Gasteiger charge is -2.14. The Kier molecular flexibility index (Phi) is 3.82. The quantitative estimate of drug-likeness (QED) is 0.805. The number of methoxy groups -OCH3 is 1. The van der Waals surface area contributed by atoms with Crippen LogP contribution >= 0.6 is 15.9 Å². The highest BCUT2D eigenvalue weighted by molar-refractivity contribution is 9.10. The molecule has 1 saturated carbocycles. The lowest BCUT2D eigenvalue weighted by molar-refractivity contribution is 0.143. The molecule has 0 aromatic carbocycles. The first-order valence-electron chi connectivity index (χ1n) is 5.47. The molecule has 3 nitrogen and oxygen atoms in total. The highest BCUT2D eigenvalue weighted by Crippen LogP contribution is 2.48. The molecule has 0 atom stereocenters. The van der Waals surface area contributed by atoms with Crippen LogP contribution in [0.1, 0.15) is 19.3 Å². The predicted octanol–water partition coefficient (Wildman–Crippen LogP) is 3.04. The third-order valence-electron chi connectivity index (χ3n) is 3.02. The van der Waals surface area contributed by atoms with E-state index in [1.54, 1.807) is 13.3 Å². The van der Waals surface area contributed by atoms with E-state index in [0.717, 1.165) is 24.1 Å². The Hall–Kier alpha value is -0.610. The molecule has 1 fully saturated rings. The topological polar surface area (TPSA) is 31.4 Å². The molecule has 0 unspecified atom stereocenters. The molecule has 0 aliphatic heterocycles. The van der Waals surface area contributed by atoms with Crippen LogP contribution in [0.4, 0.5) is 0 Å². The second-order valence-corrected chi connectivity index (χ2v) is 5.26. The van der Waals surface area contributed by atoms with E-state index < -0.39 is 0 Å². The van der Waals surface area contributed by atoms with Crippen molar-refractivity contribution in [3.05, 3.63) is 22.8 Å². The summed E-state index contributed by atoms with van der Waals surface area (Å²) >= 11 is 3.35. The maximum absolute atomic E-state index is 5.70. The average molecular weight is 286 g/mol. The largest absolute Gasteiger partial charge is 0.477 e. The van der Waals surface area contributed by atoms with Gasteiger partial charge < -0.3 is 9.47 Å². The van der Waals surface area contributed by atoms with Gasteiger partial charge in [-0.05, 0) is 41.3 Å². The summed E-state index contributed by atoms with van der Waals surface area (Å²) in [6.07, 6.45) is 5.32. The molecule has 1 aromatic heterocycles. The van der Waals surface area contributed by atoms with Gasteiger partial charge in [-0.1, -0.05) is 0 Å². The molecular weight excluding hydrogens is 270 g/mol. The Morgan fingerprint density at radius 3 is 2.81 bits per heavy atom. The Bertz CT molecular complexity index is 335. The van der Waals surface area contributed by atoms with E-state index in [-0.39, 0.29) is 0 Å². The molecule has 1 aliphatic carbocycles. The molecule has 16 heavy (non-hydrogen) atoms. The molecule has 0 spiro atoms. The molecule has 4 heteroatoms. The molecule has 1 heterocycles. The summed E-state index contributed by atoms with van der Waals surface area (Å²) in [5.41, 5.74) is 0.352. The first-order valence-corrected chi connectivity index (χ1v) is 6.27. The van der Waals surface area contributed by atoms with E-state index in [9.17, 15) is 0 Å². The standard InChI is InChI=1S/C12H16BrNO2/c1-15-7-6-12(4-5-12)9-16-11-3-2-10(13)8-14-11/h2-3,8H,4-7,9H2,1H3. The maximum atomic E-state index is 5.70.